The largest absolute Gasteiger partial charge is 0.358 e. The smallest absolute Gasteiger partial charge is 0.226 e. The number of nitrogens with one attached hydrogen (secondary N) is 1. The minimum atomic E-state index is 0.154. The van der Waals surface area contributed by atoms with Crippen LogP contribution < -0.4 is 0 Å². The lowest BCUT2D eigenvalue weighted by molar-refractivity contribution is -0.135. The molecule has 3 heteroatoms. The molecule has 1 N–H and O–H groups in total. The van der Waals surface area contributed by atoms with Gasteiger partial charge in [-0.2, -0.15) is 0 Å². The van der Waals surface area contributed by atoms with Gasteiger partial charge in [0.2, 0.25) is 5.91 Å². The molecule has 106 valence electrons. The molecule has 0 unspecified atom stereocenters. The average Bonchev–Trinajstić information content (AvgIpc) is 2.86. The van der Waals surface area contributed by atoms with E-state index in [1.54, 1.807) is 0 Å². The lowest BCUT2D eigenvalue weighted by Crippen LogP contribution is -2.38. The molecule has 0 fully saturated rings. The van der Waals surface area contributed by atoms with Crippen molar-refractivity contribution in [2.24, 2.45) is 5.92 Å². The lowest BCUT2D eigenvalue weighted by Gasteiger charge is -2.27. The first kappa shape index (κ1) is 13.2. The molecular weight excluding hydrogens is 248 g/mol. The quantitative estimate of drug-likeness (QED) is 0.914. The Bertz CT molecular complexity index is 625. The van der Waals surface area contributed by atoms with E-state index >= 15 is 0 Å². The zero-order valence-electron chi connectivity index (χ0n) is 12.3. The van der Waals surface area contributed by atoms with Gasteiger partial charge in [0.15, 0.2) is 0 Å². The standard InChI is InChI=1S/C17H22N2O/c1-3-19(4-2)17(20)12-9-10-16-14(11-12)13-7-5-6-8-15(13)18-16/h5-8,12,18H,3-4,9-11H2,1-2H3/t12-/m1/s1. The van der Waals surface area contributed by atoms with Gasteiger partial charge in [0, 0.05) is 35.6 Å². The van der Waals surface area contributed by atoms with E-state index in [4.69, 9.17) is 0 Å². The van der Waals surface area contributed by atoms with Gasteiger partial charge in [-0.25, -0.2) is 0 Å². The normalized spacial score (nSPS) is 18.0. The van der Waals surface area contributed by atoms with Crippen molar-refractivity contribution in [1.29, 1.82) is 0 Å². The Morgan fingerprint density at radius 2 is 2.05 bits per heavy atom. The molecule has 0 spiro atoms. The molecular formula is C17H22N2O. The fourth-order valence-electron chi connectivity index (χ4n) is 3.37. The Morgan fingerprint density at radius 3 is 2.80 bits per heavy atom. The Kier molecular flexibility index (Phi) is 3.51. The van der Waals surface area contributed by atoms with Crippen molar-refractivity contribution in [2.45, 2.75) is 33.1 Å². The third kappa shape index (κ3) is 2.11. The van der Waals surface area contributed by atoms with Gasteiger partial charge < -0.3 is 9.88 Å². The van der Waals surface area contributed by atoms with Gasteiger partial charge in [-0.05, 0) is 44.7 Å². The van der Waals surface area contributed by atoms with Crippen molar-refractivity contribution in [3.05, 3.63) is 35.5 Å². The first-order chi connectivity index (χ1) is 9.74. The summed E-state index contributed by atoms with van der Waals surface area (Å²) >= 11 is 0. The second-order valence-electron chi connectivity index (χ2n) is 5.58. The van der Waals surface area contributed by atoms with Crippen molar-refractivity contribution in [2.75, 3.05) is 13.1 Å². The van der Waals surface area contributed by atoms with Crippen LogP contribution in [0.1, 0.15) is 31.5 Å². The van der Waals surface area contributed by atoms with Gasteiger partial charge in [0.25, 0.3) is 0 Å². The minimum absolute atomic E-state index is 0.154. The summed E-state index contributed by atoms with van der Waals surface area (Å²) in [6.45, 7) is 5.74. The summed E-state index contributed by atoms with van der Waals surface area (Å²) in [5.74, 6) is 0.479. The summed E-state index contributed by atoms with van der Waals surface area (Å²) in [4.78, 5) is 18.0. The highest BCUT2D eigenvalue weighted by atomic mass is 16.2. The van der Waals surface area contributed by atoms with E-state index in [9.17, 15) is 4.79 Å². The van der Waals surface area contributed by atoms with Crippen LogP contribution >= 0.6 is 0 Å². The number of fused-ring (bicyclic) bond motifs is 3. The second kappa shape index (κ2) is 5.31. The van der Waals surface area contributed by atoms with Crippen molar-refractivity contribution >= 4 is 16.8 Å². The Morgan fingerprint density at radius 1 is 1.30 bits per heavy atom. The van der Waals surface area contributed by atoms with Crippen LogP contribution in [-0.4, -0.2) is 28.9 Å². The number of aryl methyl sites for hydroxylation is 1. The van der Waals surface area contributed by atoms with Crippen LogP contribution in [0.3, 0.4) is 0 Å². The lowest BCUT2D eigenvalue weighted by atomic mass is 9.85. The van der Waals surface area contributed by atoms with Crippen molar-refractivity contribution < 1.29 is 4.79 Å². The van der Waals surface area contributed by atoms with E-state index in [2.05, 4.69) is 43.1 Å². The van der Waals surface area contributed by atoms with Crippen molar-refractivity contribution in [1.82, 2.24) is 9.88 Å². The Balaban J connectivity index is 1.89. The number of H-pyrrole nitrogens is 1. The van der Waals surface area contributed by atoms with Gasteiger partial charge in [0.05, 0.1) is 0 Å². The fraction of sp³-hybridized carbons (Fsp3) is 0.471. The number of rotatable bonds is 3. The highest BCUT2D eigenvalue weighted by molar-refractivity contribution is 5.87. The van der Waals surface area contributed by atoms with Crippen LogP contribution in [0.15, 0.2) is 24.3 Å². The number of para-hydroxylation sites is 1. The molecule has 1 amide bonds. The van der Waals surface area contributed by atoms with E-state index in [1.165, 1.54) is 22.2 Å². The topological polar surface area (TPSA) is 36.1 Å². The predicted octanol–water partition coefficient (Wildman–Crippen LogP) is 3.14. The molecule has 0 aliphatic heterocycles. The SMILES string of the molecule is CCN(CC)C(=O)[C@@H]1CCc2[nH]c3ccccc3c2C1. The average molecular weight is 270 g/mol. The molecule has 20 heavy (non-hydrogen) atoms. The van der Waals surface area contributed by atoms with E-state index in [-0.39, 0.29) is 5.92 Å². The Labute approximate surface area is 120 Å². The van der Waals surface area contributed by atoms with Gasteiger partial charge in [-0.1, -0.05) is 18.2 Å². The molecule has 0 bridgehead atoms. The molecule has 1 aliphatic rings. The number of nitrogens with zero attached hydrogens (tertiary/aromatic N) is 1. The number of aromatic nitrogens is 1. The maximum atomic E-state index is 12.5. The molecule has 2 aromatic rings. The van der Waals surface area contributed by atoms with E-state index in [1.807, 2.05) is 4.90 Å². The number of carbonyl (C=O) groups is 1. The maximum absolute atomic E-state index is 12.5. The number of benzene rings is 1. The van der Waals surface area contributed by atoms with Crippen LogP contribution in [0.4, 0.5) is 0 Å². The summed E-state index contributed by atoms with van der Waals surface area (Å²) in [5.41, 5.74) is 3.89. The Hall–Kier alpha value is -1.77. The third-order valence-electron chi connectivity index (χ3n) is 4.52. The fourth-order valence-corrected chi connectivity index (χ4v) is 3.37. The first-order valence-corrected chi connectivity index (χ1v) is 7.61. The molecule has 1 aliphatic carbocycles. The molecule has 3 rings (SSSR count). The van der Waals surface area contributed by atoms with Gasteiger partial charge >= 0.3 is 0 Å². The van der Waals surface area contributed by atoms with Gasteiger partial charge in [-0.3, -0.25) is 4.79 Å². The molecule has 1 aromatic heterocycles. The summed E-state index contributed by atoms with van der Waals surface area (Å²) in [6.07, 6.45) is 2.84. The summed E-state index contributed by atoms with van der Waals surface area (Å²) < 4.78 is 0. The molecule has 0 saturated carbocycles. The van der Waals surface area contributed by atoms with E-state index in [0.29, 0.717) is 5.91 Å². The number of aromatic amines is 1. The zero-order chi connectivity index (χ0) is 14.1. The number of carbonyl (C=O) groups excluding carboxylic acids is 1. The minimum Gasteiger partial charge on any atom is -0.358 e. The number of hydrogen-bond donors (Lipinski definition) is 1. The number of hydrogen-bond acceptors (Lipinski definition) is 1. The molecule has 3 nitrogen and oxygen atoms in total. The van der Waals surface area contributed by atoms with Crippen LogP contribution in [0.5, 0.6) is 0 Å². The van der Waals surface area contributed by atoms with Crippen molar-refractivity contribution in [3.8, 4) is 0 Å². The second-order valence-corrected chi connectivity index (χ2v) is 5.58. The van der Waals surface area contributed by atoms with Gasteiger partial charge in [-0.15, -0.1) is 0 Å². The molecule has 1 heterocycles. The molecule has 1 atom stereocenters. The number of amides is 1. The molecule has 0 saturated heterocycles. The van der Waals surface area contributed by atoms with Crippen LogP contribution in [0.25, 0.3) is 10.9 Å². The molecule has 0 radical (unpaired) electrons. The van der Waals surface area contributed by atoms with Crippen LogP contribution in [-0.2, 0) is 17.6 Å². The first-order valence-electron chi connectivity index (χ1n) is 7.61. The summed E-state index contributed by atoms with van der Waals surface area (Å²) in [7, 11) is 0. The molecule has 1 aromatic carbocycles. The van der Waals surface area contributed by atoms with Crippen LogP contribution in [0.2, 0.25) is 0 Å². The summed E-state index contributed by atoms with van der Waals surface area (Å²) in [6, 6.07) is 8.42. The predicted molar refractivity (Wildman–Crippen MR) is 81.7 cm³/mol. The monoisotopic (exact) mass is 270 g/mol. The van der Waals surface area contributed by atoms with E-state index < -0.39 is 0 Å². The van der Waals surface area contributed by atoms with Gasteiger partial charge in [0.1, 0.15) is 0 Å². The summed E-state index contributed by atoms with van der Waals surface area (Å²) in [5, 5.41) is 1.29. The zero-order valence-corrected chi connectivity index (χ0v) is 12.3. The maximum Gasteiger partial charge on any atom is 0.226 e. The highest BCUT2D eigenvalue weighted by Crippen LogP contribution is 2.32. The highest BCUT2D eigenvalue weighted by Gasteiger charge is 2.29. The van der Waals surface area contributed by atoms with E-state index in [0.717, 1.165) is 32.4 Å². The third-order valence-corrected chi connectivity index (χ3v) is 4.52. The van der Waals surface area contributed by atoms with Crippen molar-refractivity contribution in [3.63, 3.8) is 0 Å². The van der Waals surface area contributed by atoms with Crippen LogP contribution in [0, 0.1) is 5.92 Å².